The molecule has 2 rings (SSSR count). The Balaban J connectivity index is 2.56. The van der Waals surface area contributed by atoms with E-state index >= 15 is 0 Å². The van der Waals surface area contributed by atoms with Crippen molar-refractivity contribution in [3.63, 3.8) is 0 Å². The van der Waals surface area contributed by atoms with Crippen LogP contribution in [0.2, 0.25) is 0 Å². The van der Waals surface area contributed by atoms with Crippen molar-refractivity contribution in [1.29, 1.82) is 0 Å². The van der Waals surface area contributed by atoms with Crippen molar-refractivity contribution in [3.8, 4) is 0 Å². The van der Waals surface area contributed by atoms with E-state index in [-0.39, 0.29) is 0 Å². The van der Waals surface area contributed by atoms with E-state index in [1.165, 1.54) is 17.5 Å². The molecule has 0 radical (unpaired) electrons. The maximum absolute atomic E-state index is 4.52. The minimum Gasteiger partial charge on any atom is -0.331 e. The summed E-state index contributed by atoms with van der Waals surface area (Å²) < 4.78 is 2.13. The van der Waals surface area contributed by atoms with Crippen molar-refractivity contribution < 1.29 is 0 Å². The molecule has 1 aromatic carbocycles. The van der Waals surface area contributed by atoms with Gasteiger partial charge in [0.2, 0.25) is 0 Å². The smallest absolute Gasteiger partial charge is 0.106 e. The first-order chi connectivity index (χ1) is 6.72. The summed E-state index contributed by atoms with van der Waals surface area (Å²) >= 11 is 0. The van der Waals surface area contributed by atoms with Gasteiger partial charge < -0.3 is 4.57 Å². The zero-order valence-electron chi connectivity index (χ0n) is 9.04. The molecule has 0 saturated heterocycles. The minimum absolute atomic E-state index is 1.08. The van der Waals surface area contributed by atoms with Crippen LogP contribution in [0.25, 0.3) is 11.0 Å². The second kappa shape index (κ2) is 3.45. The fraction of sp³-hybridized carbons (Fsp3) is 0.417. The Kier molecular flexibility index (Phi) is 2.28. The van der Waals surface area contributed by atoms with E-state index in [9.17, 15) is 0 Å². The molecule has 0 amide bonds. The molecule has 1 heterocycles. The van der Waals surface area contributed by atoms with Gasteiger partial charge in [0, 0.05) is 7.05 Å². The molecule has 2 aromatic rings. The number of fused-ring (bicyclic) bond motifs is 1. The highest BCUT2D eigenvalue weighted by Gasteiger charge is 2.03. The van der Waals surface area contributed by atoms with E-state index in [2.05, 4.69) is 41.7 Å². The van der Waals surface area contributed by atoms with Gasteiger partial charge in [-0.15, -0.1) is 0 Å². The summed E-state index contributed by atoms with van der Waals surface area (Å²) in [5.74, 6) is 1.08. The molecule has 0 atom stereocenters. The summed E-state index contributed by atoms with van der Waals surface area (Å²) in [5.41, 5.74) is 3.73. The Morgan fingerprint density at radius 1 is 1.36 bits per heavy atom. The lowest BCUT2D eigenvalue weighted by atomic mass is 10.1. The molecule has 1 aromatic heterocycles. The first-order valence-corrected chi connectivity index (χ1v) is 5.14. The number of hydrogen-bond acceptors (Lipinski definition) is 1. The molecular weight excluding hydrogens is 172 g/mol. The van der Waals surface area contributed by atoms with Crippen LogP contribution in [0.1, 0.15) is 24.7 Å². The predicted molar refractivity (Wildman–Crippen MR) is 59.4 cm³/mol. The van der Waals surface area contributed by atoms with Gasteiger partial charge >= 0.3 is 0 Å². The number of aryl methyl sites for hydroxylation is 3. The standard InChI is InChI=1S/C12H16N2/c1-4-5-10-6-7-12-11(8-10)13-9(2)14(12)3/h6-8H,4-5H2,1-3H3. The summed E-state index contributed by atoms with van der Waals surface area (Å²) in [6, 6.07) is 6.57. The van der Waals surface area contributed by atoms with Crippen molar-refractivity contribution in [2.24, 2.45) is 7.05 Å². The molecule has 74 valence electrons. The molecule has 2 heteroatoms. The molecule has 0 unspecified atom stereocenters. The average molecular weight is 188 g/mol. The highest BCUT2D eigenvalue weighted by atomic mass is 15.0. The van der Waals surface area contributed by atoms with Crippen molar-refractivity contribution >= 4 is 11.0 Å². The van der Waals surface area contributed by atoms with E-state index in [0.717, 1.165) is 17.8 Å². The molecule has 0 fully saturated rings. The van der Waals surface area contributed by atoms with Gasteiger partial charge in [-0.25, -0.2) is 4.98 Å². The van der Waals surface area contributed by atoms with Crippen LogP contribution in [0.15, 0.2) is 18.2 Å². The molecule has 14 heavy (non-hydrogen) atoms. The fourth-order valence-electron chi connectivity index (χ4n) is 1.81. The van der Waals surface area contributed by atoms with Gasteiger partial charge in [-0.2, -0.15) is 0 Å². The molecule has 0 saturated carbocycles. The largest absolute Gasteiger partial charge is 0.331 e. The lowest BCUT2D eigenvalue weighted by molar-refractivity contribution is 0.885. The van der Waals surface area contributed by atoms with Crippen LogP contribution in [0.5, 0.6) is 0 Å². The van der Waals surface area contributed by atoms with Crippen molar-refractivity contribution in [1.82, 2.24) is 9.55 Å². The quantitative estimate of drug-likeness (QED) is 0.708. The molecule has 0 aliphatic rings. The van der Waals surface area contributed by atoms with E-state index in [4.69, 9.17) is 0 Å². The number of aromatic nitrogens is 2. The Morgan fingerprint density at radius 3 is 2.86 bits per heavy atom. The fourth-order valence-corrected chi connectivity index (χ4v) is 1.81. The number of imidazole rings is 1. The highest BCUT2D eigenvalue weighted by Crippen LogP contribution is 2.17. The maximum atomic E-state index is 4.52. The first kappa shape index (κ1) is 9.25. The SMILES string of the molecule is CCCc1ccc2c(c1)nc(C)n2C. The highest BCUT2D eigenvalue weighted by molar-refractivity contribution is 5.76. The van der Waals surface area contributed by atoms with Crippen LogP contribution in [0.3, 0.4) is 0 Å². The van der Waals surface area contributed by atoms with E-state index < -0.39 is 0 Å². The topological polar surface area (TPSA) is 17.8 Å². The van der Waals surface area contributed by atoms with Gasteiger partial charge in [-0.1, -0.05) is 19.4 Å². The monoisotopic (exact) mass is 188 g/mol. The van der Waals surface area contributed by atoms with Gasteiger partial charge in [-0.3, -0.25) is 0 Å². The number of benzene rings is 1. The minimum atomic E-state index is 1.08. The molecule has 0 aliphatic heterocycles. The molecule has 0 N–H and O–H groups in total. The van der Waals surface area contributed by atoms with Crippen LogP contribution >= 0.6 is 0 Å². The number of rotatable bonds is 2. The van der Waals surface area contributed by atoms with Gasteiger partial charge in [0.1, 0.15) is 5.82 Å². The number of hydrogen-bond donors (Lipinski definition) is 0. The maximum Gasteiger partial charge on any atom is 0.106 e. The van der Waals surface area contributed by atoms with Gasteiger partial charge in [0.15, 0.2) is 0 Å². The lowest BCUT2D eigenvalue weighted by Crippen LogP contribution is -1.90. The third kappa shape index (κ3) is 1.41. The Morgan fingerprint density at radius 2 is 2.14 bits per heavy atom. The van der Waals surface area contributed by atoms with Gasteiger partial charge in [-0.05, 0) is 31.0 Å². The van der Waals surface area contributed by atoms with Crippen molar-refractivity contribution in [2.75, 3.05) is 0 Å². The normalized spacial score (nSPS) is 11.1. The summed E-state index contributed by atoms with van der Waals surface area (Å²) in [4.78, 5) is 4.52. The average Bonchev–Trinajstić information content (AvgIpc) is 2.43. The van der Waals surface area contributed by atoms with Crippen molar-refractivity contribution in [3.05, 3.63) is 29.6 Å². The first-order valence-electron chi connectivity index (χ1n) is 5.14. The van der Waals surface area contributed by atoms with Crippen LogP contribution in [0, 0.1) is 6.92 Å². The lowest BCUT2D eigenvalue weighted by Gasteiger charge is -1.99. The van der Waals surface area contributed by atoms with Crippen LogP contribution in [-0.2, 0) is 13.5 Å². The Bertz CT molecular complexity index is 455. The molecule has 0 bridgehead atoms. The predicted octanol–water partition coefficient (Wildman–Crippen LogP) is 2.83. The number of nitrogens with zero attached hydrogens (tertiary/aromatic N) is 2. The van der Waals surface area contributed by atoms with Crippen molar-refractivity contribution in [2.45, 2.75) is 26.7 Å². The van der Waals surface area contributed by atoms with Gasteiger partial charge in [0.25, 0.3) is 0 Å². The van der Waals surface area contributed by atoms with E-state index in [1.54, 1.807) is 0 Å². The van der Waals surface area contributed by atoms with Crippen LogP contribution in [0.4, 0.5) is 0 Å². The summed E-state index contributed by atoms with van der Waals surface area (Å²) in [5, 5.41) is 0. The second-order valence-corrected chi connectivity index (χ2v) is 3.79. The zero-order chi connectivity index (χ0) is 10.1. The zero-order valence-corrected chi connectivity index (χ0v) is 9.04. The van der Waals surface area contributed by atoms with E-state index in [1.807, 2.05) is 6.92 Å². The molecular formula is C12H16N2. The molecule has 2 nitrogen and oxygen atoms in total. The second-order valence-electron chi connectivity index (χ2n) is 3.79. The Hall–Kier alpha value is -1.31. The van der Waals surface area contributed by atoms with E-state index in [0.29, 0.717) is 0 Å². The van der Waals surface area contributed by atoms with Crippen LogP contribution < -0.4 is 0 Å². The van der Waals surface area contributed by atoms with Crippen LogP contribution in [-0.4, -0.2) is 9.55 Å². The summed E-state index contributed by atoms with van der Waals surface area (Å²) in [7, 11) is 2.06. The summed E-state index contributed by atoms with van der Waals surface area (Å²) in [6.07, 6.45) is 2.34. The molecule has 0 spiro atoms. The Labute approximate surface area is 84.6 Å². The summed E-state index contributed by atoms with van der Waals surface area (Å²) in [6.45, 7) is 4.24. The van der Waals surface area contributed by atoms with Gasteiger partial charge in [0.05, 0.1) is 11.0 Å². The third-order valence-corrected chi connectivity index (χ3v) is 2.71. The molecule has 0 aliphatic carbocycles. The third-order valence-electron chi connectivity index (χ3n) is 2.71.